The predicted octanol–water partition coefficient (Wildman–Crippen LogP) is 3.45. The van der Waals surface area contributed by atoms with Crippen LogP contribution in [0.5, 0.6) is 23.0 Å². The molecule has 4 atom stereocenters. The average molecular weight is 527 g/mol. The van der Waals surface area contributed by atoms with E-state index >= 15 is 0 Å². The van der Waals surface area contributed by atoms with Gasteiger partial charge in [0.2, 0.25) is 5.75 Å². The van der Waals surface area contributed by atoms with Crippen molar-refractivity contribution in [1.82, 2.24) is 0 Å². The van der Waals surface area contributed by atoms with Crippen molar-refractivity contribution in [2.75, 3.05) is 21.3 Å². The molecule has 1 saturated carbocycles. The van der Waals surface area contributed by atoms with E-state index in [1.165, 1.54) is 27.4 Å². The zero-order valence-electron chi connectivity index (χ0n) is 22.8. The number of aliphatic hydroxyl groups is 2. The molecule has 38 heavy (non-hydrogen) atoms. The van der Waals surface area contributed by atoms with Crippen LogP contribution < -0.4 is 24.6 Å². The van der Waals surface area contributed by atoms with E-state index in [1.54, 1.807) is 38.1 Å². The molecular weight excluding hydrogens is 492 g/mol. The minimum atomic E-state index is -1.89. The summed E-state index contributed by atoms with van der Waals surface area (Å²) in [5, 5.41) is 24.4. The largest absolute Gasteiger partial charge is 0.493 e. The Balaban J connectivity index is 1.66. The van der Waals surface area contributed by atoms with Crippen LogP contribution in [0.2, 0.25) is 0 Å². The number of hydrogen-bond acceptors (Lipinski definition) is 9. The molecule has 0 spiro atoms. The fourth-order valence-electron chi connectivity index (χ4n) is 6.82. The van der Waals surface area contributed by atoms with Crippen LogP contribution in [0.4, 0.5) is 0 Å². The molecule has 0 radical (unpaired) electrons. The molecule has 0 saturated heterocycles. The van der Waals surface area contributed by atoms with Crippen LogP contribution in [0.15, 0.2) is 39.6 Å². The van der Waals surface area contributed by atoms with Gasteiger partial charge in [0.25, 0.3) is 0 Å². The zero-order chi connectivity index (χ0) is 27.9. The van der Waals surface area contributed by atoms with E-state index < -0.39 is 39.0 Å². The predicted molar refractivity (Wildman–Crippen MR) is 138 cm³/mol. The third-order valence-electron chi connectivity index (χ3n) is 9.43. The van der Waals surface area contributed by atoms with Gasteiger partial charge in [-0.2, -0.15) is 0 Å². The first-order valence-electron chi connectivity index (χ1n) is 12.6. The average Bonchev–Trinajstić information content (AvgIpc) is 2.88. The number of hydrogen-bond donors (Lipinski definition) is 2. The number of allylic oxidation sites excluding steroid dienone is 1. The number of carbonyl (C=O) groups is 1. The smallest absolute Gasteiger partial charge is 0.343 e. The van der Waals surface area contributed by atoms with Gasteiger partial charge in [0, 0.05) is 23.5 Å². The SMILES string of the molecule is COc1cc(-c2cc3c(c(=O)o2)C[C@]2(O)[C@@]4(C)C(=O)C=CC(C)(C)[C@]4(O)CC[C@@]2(C)O3)cc(OC)c1OC. The highest BCUT2D eigenvalue weighted by Crippen LogP contribution is 2.65. The molecule has 1 aromatic heterocycles. The van der Waals surface area contributed by atoms with Crippen molar-refractivity contribution in [3.63, 3.8) is 0 Å². The van der Waals surface area contributed by atoms with Gasteiger partial charge in [-0.25, -0.2) is 4.79 Å². The summed E-state index contributed by atoms with van der Waals surface area (Å²) >= 11 is 0. The van der Waals surface area contributed by atoms with Gasteiger partial charge in [0.05, 0.1) is 37.9 Å². The van der Waals surface area contributed by atoms with Crippen LogP contribution in [0.3, 0.4) is 0 Å². The Kier molecular flexibility index (Phi) is 5.61. The van der Waals surface area contributed by atoms with Gasteiger partial charge >= 0.3 is 5.63 Å². The van der Waals surface area contributed by atoms with Gasteiger partial charge in [0.1, 0.15) is 22.7 Å². The first-order chi connectivity index (χ1) is 17.7. The number of carbonyl (C=O) groups excluding carboxylic acids is 1. The van der Waals surface area contributed by atoms with Crippen molar-refractivity contribution >= 4 is 5.78 Å². The minimum absolute atomic E-state index is 0.104. The van der Waals surface area contributed by atoms with Gasteiger partial charge in [-0.05, 0) is 44.9 Å². The molecule has 3 aliphatic rings. The Bertz CT molecular complexity index is 1400. The molecule has 1 aliphatic heterocycles. The van der Waals surface area contributed by atoms with Crippen LogP contribution in [0, 0.1) is 10.8 Å². The lowest BCUT2D eigenvalue weighted by Gasteiger charge is -2.68. The van der Waals surface area contributed by atoms with E-state index in [0.717, 1.165) is 0 Å². The van der Waals surface area contributed by atoms with Crippen molar-refractivity contribution < 1.29 is 38.4 Å². The molecule has 9 heteroatoms. The molecule has 1 aromatic carbocycles. The minimum Gasteiger partial charge on any atom is -0.493 e. The lowest BCUT2D eigenvalue weighted by atomic mass is 9.41. The molecule has 0 amide bonds. The van der Waals surface area contributed by atoms with Gasteiger partial charge in [-0.15, -0.1) is 0 Å². The first-order valence-corrected chi connectivity index (χ1v) is 12.6. The number of ether oxygens (including phenoxy) is 4. The molecule has 5 rings (SSSR count). The van der Waals surface area contributed by atoms with Gasteiger partial charge < -0.3 is 33.6 Å². The van der Waals surface area contributed by atoms with Crippen LogP contribution >= 0.6 is 0 Å². The summed E-state index contributed by atoms with van der Waals surface area (Å²) < 4.78 is 28.4. The molecule has 2 aromatic rings. The Morgan fingerprint density at radius 2 is 1.50 bits per heavy atom. The Labute approximate surface area is 221 Å². The van der Waals surface area contributed by atoms with Crippen molar-refractivity contribution in [2.45, 2.75) is 63.8 Å². The highest BCUT2D eigenvalue weighted by Gasteiger charge is 2.77. The number of benzene rings is 1. The van der Waals surface area contributed by atoms with E-state index in [0.29, 0.717) is 22.8 Å². The number of ketones is 1. The molecule has 2 heterocycles. The van der Waals surface area contributed by atoms with Gasteiger partial charge in [0.15, 0.2) is 17.3 Å². The van der Waals surface area contributed by atoms with Crippen molar-refractivity contribution in [3.8, 4) is 34.3 Å². The van der Waals surface area contributed by atoms with Crippen LogP contribution in [0.25, 0.3) is 11.3 Å². The molecule has 0 bridgehead atoms. The van der Waals surface area contributed by atoms with Crippen molar-refractivity contribution in [2.24, 2.45) is 10.8 Å². The summed E-state index contributed by atoms with van der Waals surface area (Å²) in [5.41, 5.74) is -7.26. The Morgan fingerprint density at radius 3 is 2.08 bits per heavy atom. The summed E-state index contributed by atoms with van der Waals surface area (Å²) in [7, 11) is 4.47. The Morgan fingerprint density at radius 1 is 0.868 bits per heavy atom. The zero-order valence-corrected chi connectivity index (χ0v) is 22.8. The first kappa shape index (κ1) is 26.3. The number of fused-ring (bicyclic) bond motifs is 4. The van der Waals surface area contributed by atoms with Crippen LogP contribution in [0.1, 0.15) is 46.1 Å². The number of methoxy groups -OCH3 is 3. The van der Waals surface area contributed by atoms with Crippen molar-refractivity contribution in [1.29, 1.82) is 0 Å². The summed E-state index contributed by atoms with van der Waals surface area (Å²) in [4.78, 5) is 26.8. The third-order valence-corrected chi connectivity index (χ3v) is 9.43. The highest BCUT2D eigenvalue weighted by molar-refractivity contribution is 5.98. The van der Waals surface area contributed by atoms with Crippen molar-refractivity contribution in [3.05, 3.63) is 46.3 Å². The summed E-state index contributed by atoms with van der Waals surface area (Å²) in [5.74, 6) is 1.22. The summed E-state index contributed by atoms with van der Waals surface area (Å²) in [6.45, 7) is 7.00. The van der Waals surface area contributed by atoms with Crippen LogP contribution in [-0.2, 0) is 11.2 Å². The maximum Gasteiger partial charge on any atom is 0.343 e. The second-order valence-electron chi connectivity index (χ2n) is 11.4. The fraction of sp³-hybridized carbons (Fsp3) is 0.517. The molecule has 204 valence electrons. The molecule has 2 N–H and O–H groups in total. The summed E-state index contributed by atoms with van der Waals surface area (Å²) in [6, 6.07) is 4.91. The number of rotatable bonds is 4. The van der Waals surface area contributed by atoms with Crippen LogP contribution in [-0.4, -0.2) is 54.1 Å². The van der Waals surface area contributed by atoms with Gasteiger partial charge in [-0.3, -0.25) is 4.79 Å². The van der Waals surface area contributed by atoms with E-state index in [1.807, 2.05) is 13.8 Å². The highest BCUT2D eigenvalue weighted by atomic mass is 16.5. The van der Waals surface area contributed by atoms with E-state index in [2.05, 4.69) is 0 Å². The fourth-order valence-corrected chi connectivity index (χ4v) is 6.82. The maximum absolute atomic E-state index is 13.5. The van der Waals surface area contributed by atoms with Gasteiger partial charge in [-0.1, -0.05) is 19.9 Å². The summed E-state index contributed by atoms with van der Waals surface area (Å²) in [6.07, 6.45) is 3.38. The second kappa shape index (κ2) is 8.10. The molecular formula is C29H34O9. The quantitative estimate of drug-likeness (QED) is 0.616. The maximum atomic E-state index is 13.5. The lowest BCUT2D eigenvalue weighted by Crippen LogP contribution is -2.81. The third kappa shape index (κ3) is 3.06. The monoisotopic (exact) mass is 526 g/mol. The van der Waals surface area contributed by atoms with E-state index in [-0.39, 0.29) is 36.3 Å². The standard InChI is InChI=1S/C29H34O9/c1-25(2)9-8-22(30)27(4)28(25,32)11-10-26(3)29(27,33)15-17-19(38-26)14-18(37-24(17)31)16-12-20(34-5)23(36-7)21(13-16)35-6/h8-9,12-14,32-33H,10-11,15H2,1-7H3/t26-,27+,28-,29-/m1/s1. The Hall–Kier alpha value is -3.30. The van der Waals surface area contributed by atoms with E-state index in [4.69, 9.17) is 23.4 Å². The molecule has 2 aliphatic carbocycles. The normalized spacial score (nSPS) is 32.9. The second-order valence-corrected chi connectivity index (χ2v) is 11.4. The molecule has 1 fully saturated rings. The van der Waals surface area contributed by atoms with E-state index in [9.17, 15) is 19.8 Å². The molecule has 9 nitrogen and oxygen atoms in total. The lowest BCUT2D eigenvalue weighted by molar-refractivity contribution is -0.297. The molecule has 0 unspecified atom stereocenters. The topological polar surface area (TPSA) is 125 Å².